The molecule has 1 aromatic carbocycles. The van der Waals surface area contributed by atoms with E-state index in [9.17, 15) is 14.7 Å². The summed E-state index contributed by atoms with van der Waals surface area (Å²) in [5.74, 6) is -1.45. The Hall–Kier alpha value is -1.36. The van der Waals surface area contributed by atoms with E-state index < -0.39 is 11.4 Å². The number of hydrogen-bond donors (Lipinski definition) is 1. The number of aryl methyl sites for hydroxylation is 2. The van der Waals surface area contributed by atoms with Crippen LogP contribution in [0.15, 0.2) is 35.1 Å². The third-order valence-electron chi connectivity index (χ3n) is 2.85. The number of rotatable bonds is 2. The molecule has 1 N–H and O–H groups in total. The van der Waals surface area contributed by atoms with Crippen molar-refractivity contribution in [3.05, 3.63) is 57.5 Å². The largest absolute Gasteiger partial charge is 1.00 e. The number of carbonyl (C=O) groups excluding carboxylic acids is 1. The van der Waals surface area contributed by atoms with Crippen LogP contribution in [0, 0.1) is 13.8 Å². The number of aromatic amines is 1. The SMILES string of the molecule is Cc1[nH]c(C)c(-c2ccccc2)c(=O)c1C(=O)[O-].[Na+]. The van der Waals surface area contributed by atoms with Crippen molar-refractivity contribution in [1.29, 1.82) is 0 Å². The number of aromatic nitrogens is 1. The normalized spacial score (nSPS) is 9.79. The summed E-state index contributed by atoms with van der Waals surface area (Å²) >= 11 is 0. The molecule has 5 heteroatoms. The van der Waals surface area contributed by atoms with E-state index in [0.29, 0.717) is 22.5 Å². The van der Waals surface area contributed by atoms with E-state index in [4.69, 9.17) is 0 Å². The smallest absolute Gasteiger partial charge is 0.545 e. The Bertz CT molecular complexity index is 662. The molecule has 1 heterocycles. The molecule has 0 amide bonds. The fourth-order valence-corrected chi connectivity index (χ4v) is 2.07. The second-order valence-corrected chi connectivity index (χ2v) is 4.11. The molecule has 0 bridgehead atoms. The summed E-state index contributed by atoms with van der Waals surface area (Å²) in [5.41, 5.74) is 1.22. The third kappa shape index (κ3) is 2.97. The molecular weight excluding hydrogens is 253 g/mol. The molecule has 0 aliphatic carbocycles. The van der Waals surface area contributed by atoms with Crippen LogP contribution in [0.4, 0.5) is 0 Å². The van der Waals surface area contributed by atoms with Crippen LogP contribution < -0.4 is 40.1 Å². The number of aromatic carboxylic acids is 1. The fraction of sp³-hybridized carbons (Fsp3) is 0.143. The van der Waals surface area contributed by atoms with Crippen LogP contribution >= 0.6 is 0 Å². The molecule has 0 fully saturated rings. The van der Waals surface area contributed by atoms with Crippen molar-refractivity contribution in [1.82, 2.24) is 4.98 Å². The summed E-state index contributed by atoms with van der Waals surface area (Å²) in [6.45, 7) is 3.30. The van der Waals surface area contributed by atoms with Crippen LogP contribution in [0.2, 0.25) is 0 Å². The number of nitrogens with one attached hydrogen (secondary N) is 1. The van der Waals surface area contributed by atoms with Crippen LogP contribution in [0.3, 0.4) is 0 Å². The maximum absolute atomic E-state index is 12.2. The average Bonchev–Trinajstić information content (AvgIpc) is 2.28. The Morgan fingerprint density at radius 1 is 1.11 bits per heavy atom. The number of carboxylic acid groups (broad SMARTS) is 1. The van der Waals surface area contributed by atoms with Crippen LogP contribution in [-0.4, -0.2) is 11.0 Å². The van der Waals surface area contributed by atoms with Gasteiger partial charge in [0.2, 0.25) is 0 Å². The Morgan fingerprint density at radius 3 is 2.21 bits per heavy atom. The summed E-state index contributed by atoms with van der Waals surface area (Å²) in [4.78, 5) is 26.1. The van der Waals surface area contributed by atoms with E-state index in [1.165, 1.54) is 0 Å². The molecule has 0 aliphatic rings. The van der Waals surface area contributed by atoms with Gasteiger partial charge in [-0.3, -0.25) is 4.79 Å². The first-order chi connectivity index (χ1) is 8.52. The topological polar surface area (TPSA) is 73.0 Å². The molecular formula is C14H12NNaO3. The molecule has 0 atom stereocenters. The van der Waals surface area contributed by atoms with Gasteiger partial charge < -0.3 is 14.9 Å². The fourth-order valence-electron chi connectivity index (χ4n) is 2.07. The number of carboxylic acids is 1. The van der Waals surface area contributed by atoms with Gasteiger partial charge in [0.15, 0.2) is 5.43 Å². The first-order valence-electron chi connectivity index (χ1n) is 5.52. The van der Waals surface area contributed by atoms with E-state index in [2.05, 4.69) is 4.98 Å². The molecule has 0 aliphatic heterocycles. The second kappa shape index (κ2) is 6.19. The minimum Gasteiger partial charge on any atom is -0.545 e. The van der Waals surface area contributed by atoms with Gasteiger partial charge in [-0.15, -0.1) is 0 Å². The van der Waals surface area contributed by atoms with Gasteiger partial charge in [0.25, 0.3) is 0 Å². The molecule has 0 radical (unpaired) electrons. The number of benzene rings is 1. The van der Waals surface area contributed by atoms with Crippen molar-refractivity contribution in [3.8, 4) is 11.1 Å². The Labute approximate surface area is 132 Å². The molecule has 2 aromatic rings. The molecule has 0 saturated carbocycles. The summed E-state index contributed by atoms with van der Waals surface area (Å²) < 4.78 is 0. The molecule has 0 unspecified atom stereocenters. The first kappa shape index (κ1) is 15.7. The van der Waals surface area contributed by atoms with Gasteiger partial charge in [-0.2, -0.15) is 0 Å². The third-order valence-corrected chi connectivity index (χ3v) is 2.85. The number of hydrogen-bond acceptors (Lipinski definition) is 3. The zero-order valence-electron chi connectivity index (χ0n) is 11.1. The van der Waals surface area contributed by atoms with Gasteiger partial charge in [0, 0.05) is 17.0 Å². The van der Waals surface area contributed by atoms with Crippen molar-refractivity contribution in [2.24, 2.45) is 0 Å². The Morgan fingerprint density at radius 2 is 1.68 bits per heavy atom. The Kier molecular flexibility index (Phi) is 5.11. The van der Waals surface area contributed by atoms with Crippen molar-refractivity contribution in [2.45, 2.75) is 13.8 Å². The number of carbonyl (C=O) groups is 1. The van der Waals surface area contributed by atoms with E-state index >= 15 is 0 Å². The van der Waals surface area contributed by atoms with Crippen LogP contribution in [0.1, 0.15) is 21.7 Å². The molecule has 1 aromatic heterocycles. The maximum Gasteiger partial charge on any atom is 1.00 e. The van der Waals surface area contributed by atoms with E-state index in [0.717, 1.165) is 0 Å². The molecule has 4 nitrogen and oxygen atoms in total. The molecule has 19 heavy (non-hydrogen) atoms. The van der Waals surface area contributed by atoms with Crippen molar-refractivity contribution < 1.29 is 39.5 Å². The zero-order chi connectivity index (χ0) is 13.3. The van der Waals surface area contributed by atoms with Gasteiger partial charge in [0.05, 0.1) is 11.5 Å². The summed E-state index contributed by atoms with van der Waals surface area (Å²) in [5, 5.41) is 11.0. The summed E-state index contributed by atoms with van der Waals surface area (Å²) in [6, 6.07) is 8.97. The molecule has 2 rings (SSSR count). The standard InChI is InChI=1S/C14H13NO3.Na/c1-8-11(10-6-4-3-5-7-10)13(16)12(14(17)18)9(2)15-8;/h3-7H,1-2H3,(H,15,16)(H,17,18);/q;+1/p-1. The number of H-pyrrole nitrogens is 1. The van der Waals surface area contributed by atoms with E-state index in [1.54, 1.807) is 38.1 Å². The first-order valence-corrected chi connectivity index (χ1v) is 5.52. The van der Waals surface area contributed by atoms with Crippen LogP contribution in [0.5, 0.6) is 0 Å². The summed E-state index contributed by atoms with van der Waals surface area (Å²) in [6.07, 6.45) is 0. The second-order valence-electron chi connectivity index (χ2n) is 4.11. The number of pyridine rings is 1. The predicted octanol–water partition coefficient (Wildman–Crippen LogP) is -1.97. The minimum atomic E-state index is -1.45. The van der Waals surface area contributed by atoms with E-state index in [-0.39, 0.29) is 35.1 Å². The van der Waals surface area contributed by atoms with Gasteiger partial charge in [0.1, 0.15) is 0 Å². The molecule has 0 saturated heterocycles. The minimum absolute atomic E-state index is 0. The van der Waals surface area contributed by atoms with Crippen LogP contribution in [0.25, 0.3) is 11.1 Å². The molecule has 92 valence electrons. The van der Waals surface area contributed by atoms with Crippen molar-refractivity contribution in [3.63, 3.8) is 0 Å². The van der Waals surface area contributed by atoms with Crippen molar-refractivity contribution in [2.75, 3.05) is 0 Å². The Balaban J connectivity index is 0.00000180. The zero-order valence-corrected chi connectivity index (χ0v) is 13.1. The van der Waals surface area contributed by atoms with Crippen LogP contribution in [-0.2, 0) is 0 Å². The van der Waals surface area contributed by atoms with Gasteiger partial charge in [-0.05, 0) is 19.4 Å². The van der Waals surface area contributed by atoms with Crippen molar-refractivity contribution >= 4 is 5.97 Å². The van der Waals surface area contributed by atoms with Gasteiger partial charge >= 0.3 is 29.6 Å². The predicted molar refractivity (Wildman–Crippen MR) is 66.3 cm³/mol. The van der Waals surface area contributed by atoms with E-state index in [1.807, 2.05) is 6.07 Å². The average molecular weight is 265 g/mol. The maximum atomic E-state index is 12.2. The van der Waals surface area contributed by atoms with Gasteiger partial charge in [-0.25, -0.2) is 0 Å². The van der Waals surface area contributed by atoms with Gasteiger partial charge in [-0.1, -0.05) is 30.3 Å². The quantitative estimate of drug-likeness (QED) is 0.640. The monoisotopic (exact) mass is 265 g/mol. The summed E-state index contributed by atoms with van der Waals surface area (Å²) in [7, 11) is 0. The molecule has 0 spiro atoms.